The Labute approximate surface area is 142 Å². The Morgan fingerprint density at radius 1 is 1.12 bits per heavy atom. The van der Waals surface area contributed by atoms with E-state index in [1.807, 2.05) is 44.4 Å². The second kappa shape index (κ2) is 7.29. The van der Waals surface area contributed by atoms with Crippen molar-refractivity contribution in [2.24, 2.45) is 7.05 Å². The van der Waals surface area contributed by atoms with Crippen LogP contribution in [0.15, 0.2) is 36.7 Å². The van der Waals surface area contributed by atoms with Crippen molar-refractivity contribution in [3.8, 4) is 0 Å². The monoisotopic (exact) mass is 328 g/mol. The van der Waals surface area contributed by atoms with E-state index in [9.17, 15) is 9.59 Å². The van der Waals surface area contributed by atoms with Crippen molar-refractivity contribution in [3.63, 3.8) is 0 Å². The Bertz CT molecular complexity index is 719. The zero-order valence-corrected chi connectivity index (χ0v) is 14.8. The van der Waals surface area contributed by atoms with E-state index >= 15 is 0 Å². The van der Waals surface area contributed by atoms with E-state index in [1.54, 1.807) is 17.9 Å². The number of nitrogens with one attached hydrogen (secondary N) is 1. The molecule has 6 heteroatoms. The molecule has 0 spiro atoms. The van der Waals surface area contributed by atoms with E-state index in [2.05, 4.69) is 24.3 Å². The predicted octanol–water partition coefficient (Wildman–Crippen LogP) is 2.70. The minimum Gasteiger partial charge on any atom is -0.331 e. The fourth-order valence-corrected chi connectivity index (χ4v) is 2.35. The molecular formula is C18H24N4O2. The van der Waals surface area contributed by atoms with Gasteiger partial charge in [0.15, 0.2) is 0 Å². The van der Waals surface area contributed by atoms with Gasteiger partial charge < -0.3 is 10.2 Å². The van der Waals surface area contributed by atoms with Crippen LogP contribution in [0.1, 0.15) is 43.9 Å². The number of amides is 2. The molecule has 0 radical (unpaired) electrons. The molecule has 1 aromatic heterocycles. The maximum Gasteiger partial charge on any atom is 0.313 e. The molecule has 0 saturated carbocycles. The highest BCUT2D eigenvalue weighted by Crippen LogP contribution is 2.19. The van der Waals surface area contributed by atoms with Gasteiger partial charge in [0.05, 0.1) is 12.2 Å². The van der Waals surface area contributed by atoms with Crippen LogP contribution >= 0.6 is 0 Å². The number of likely N-dealkylation sites (N-methyl/N-ethyl adjacent to an activating group) is 1. The molecule has 1 atom stereocenters. The van der Waals surface area contributed by atoms with Crippen LogP contribution in [-0.2, 0) is 16.6 Å². The van der Waals surface area contributed by atoms with Crippen molar-refractivity contribution in [2.45, 2.75) is 32.7 Å². The van der Waals surface area contributed by atoms with Crippen molar-refractivity contribution < 1.29 is 9.59 Å². The van der Waals surface area contributed by atoms with Crippen molar-refractivity contribution in [1.82, 2.24) is 14.7 Å². The van der Waals surface area contributed by atoms with Gasteiger partial charge >= 0.3 is 11.8 Å². The van der Waals surface area contributed by atoms with E-state index < -0.39 is 11.8 Å². The molecule has 0 aliphatic rings. The molecule has 2 rings (SSSR count). The predicted molar refractivity (Wildman–Crippen MR) is 93.6 cm³/mol. The molecule has 0 unspecified atom stereocenters. The fraction of sp³-hybridized carbons (Fsp3) is 0.389. The average molecular weight is 328 g/mol. The van der Waals surface area contributed by atoms with E-state index in [4.69, 9.17) is 0 Å². The van der Waals surface area contributed by atoms with Gasteiger partial charge in [-0.2, -0.15) is 5.10 Å². The van der Waals surface area contributed by atoms with Gasteiger partial charge in [0.2, 0.25) is 0 Å². The van der Waals surface area contributed by atoms with Crippen LogP contribution in [0.3, 0.4) is 0 Å². The van der Waals surface area contributed by atoms with Crippen LogP contribution in [0.25, 0.3) is 0 Å². The van der Waals surface area contributed by atoms with Crippen LogP contribution in [0.5, 0.6) is 0 Å². The molecule has 24 heavy (non-hydrogen) atoms. The minimum atomic E-state index is -0.648. The van der Waals surface area contributed by atoms with Crippen LogP contribution in [0, 0.1) is 0 Å². The fourth-order valence-electron chi connectivity index (χ4n) is 2.35. The van der Waals surface area contributed by atoms with Crippen molar-refractivity contribution in [1.29, 1.82) is 0 Å². The van der Waals surface area contributed by atoms with Gasteiger partial charge in [-0.15, -0.1) is 0 Å². The smallest absolute Gasteiger partial charge is 0.313 e. The molecule has 0 aliphatic carbocycles. The number of benzene rings is 1. The highest BCUT2D eigenvalue weighted by Gasteiger charge is 2.24. The molecular weight excluding hydrogens is 304 g/mol. The standard InChI is InChI=1S/C18H24N4O2/c1-12(2)14-6-8-16(9-7-14)20-17(23)18(24)22(5)13(3)15-10-19-21(4)11-15/h6-13H,1-5H3,(H,20,23)/t13-/m0/s1. The van der Waals surface area contributed by atoms with Gasteiger partial charge in [-0.3, -0.25) is 14.3 Å². The topological polar surface area (TPSA) is 67.2 Å². The van der Waals surface area contributed by atoms with Crippen LogP contribution in [0.4, 0.5) is 5.69 Å². The molecule has 1 N–H and O–H groups in total. The first-order valence-corrected chi connectivity index (χ1v) is 7.96. The molecule has 0 fully saturated rings. The van der Waals surface area contributed by atoms with Gasteiger partial charge in [-0.05, 0) is 30.5 Å². The number of aryl methyl sites for hydroxylation is 1. The number of carbonyl (C=O) groups is 2. The van der Waals surface area contributed by atoms with E-state index in [0.717, 1.165) is 5.56 Å². The lowest BCUT2D eigenvalue weighted by Gasteiger charge is -2.23. The molecule has 2 amide bonds. The quantitative estimate of drug-likeness (QED) is 0.878. The normalized spacial score (nSPS) is 12.1. The summed E-state index contributed by atoms with van der Waals surface area (Å²) in [5, 5.41) is 6.74. The molecule has 1 aromatic carbocycles. The number of anilines is 1. The van der Waals surface area contributed by atoms with Crippen LogP contribution in [-0.4, -0.2) is 33.5 Å². The number of carbonyl (C=O) groups excluding carboxylic acids is 2. The first-order chi connectivity index (χ1) is 11.3. The SMILES string of the molecule is CC(C)c1ccc(NC(=O)C(=O)N(C)[C@@H](C)c2cnn(C)c2)cc1. The highest BCUT2D eigenvalue weighted by molar-refractivity contribution is 6.39. The van der Waals surface area contributed by atoms with Crippen LogP contribution < -0.4 is 5.32 Å². The zero-order chi connectivity index (χ0) is 17.9. The Hall–Kier alpha value is -2.63. The summed E-state index contributed by atoms with van der Waals surface area (Å²) in [5.41, 5.74) is 2.67. The maximum atomic E-state index is 12.3. The second-order valence-corrected chi connectivity index (χ2v) is 6.27. The van der Waals surface area contributed by atoms with E-state index in [-0.39, 0.29) is 6.04 Å². The van der Waals surface area contributed by atoms with Crippen molar-refractivity contribution in [2.75, 3.05) is 12.4 Å². The zero-order valence-electron chi connectivity index (χ0n) is 14.8. The Morgan fingerprint density at radius 2 is 1.75 bits per heavy atom. The summed E-state index contributed by atoms with van der Waals surface area (Å²) in [5.74, 6) is -0.812. The van der Waals surface area contributed by atoms with E-state index in [0.29, 0.717) is 11.6 Å². The average Bonchev–Trinajstić information content (AvgIpc) is 2.99. The summed E-state index contributed by atoms with van der Waals surface area (Å²) < 4.78 is 1.67. The molecule has 0 aliphatic heterocycles. The summed E-state index contributed by atoms with van der Waals surface area (Å²) in [6.07, 6.45) is 3.52. The van der Waals surface area contributed by atoms with Gasteiger partial charge in [0, 0.05) is 31.5 Å². The third-order valence-corrected chi connectivity index (χ3v) is 4.14. The molecule has 128 valence electrons. The number of nitrogens with zero attached hydrogens (tertiary/aromatic N) is 3. The summed E-state index contributed by atoms with van der Waals surface area (Å²) >= 11 is 0. The molecule has 0 saturated heterocycles. The second-order valence-electron chi connectivity index (χ2n) is 6.27. The number of rotatable bonds is 4. The first kappa shape index (κ1) is 17.7. The maximum absolute atomic E-state index is 12.3. The molecule has 6 nitrogen and oxygen atoms in total. The number of hydrogen-bond donors (Lipinski definition) is 1. The number of aromatic nitrogens is 2. The largest absolute Gasteiger partial charge is 0.331 e. The Kier molecular flexibility index (Phi) is 5.39. The lowest BCUT2D eigenvalue weighted by molar-refractivity contribution is -0.143. The molecule has 0 bridgehead atoms. The van der Waals surface area contributed by atoms with Gasteiger partial charge in [-0.25, -0.2) is 0 Å². The summed E-state index contributed by atoms with van der Waals surface area (Å²) in [6, 6.07) is 7.29. The van der Waals surface area contributed by atoms with Gasteiger partial charge in [0.1, 0.15) is 0 Å². The molecule has 1 heterocycles. The summed E-state index contributed by atoms with van der Waals surface area (Å²) in [6.45, 7) is 6.07. The Morgan fingerprint density at radius 3 is 2.25 bits per heavy atom. The third kappa shape index (κ3) is 4.01. The van der Waals surface area contributed by atoms with Gasteiger partial charge in [0.25, 0.3) is 0 Å². The lowest BCUT2D eigenvalue weighted by atomic mass is 10.0. The lowest BCUT2D eigenvalue weighted by Crippen LogP contribution is -2.38. The highest BCUT2D eigenvalue weighted by atomic mass is 16.2. The summed E-state index contributed by atoms with van der Waals surface area (Å²) in [7, 11) is 3.42. The van der Waals surface area contributed by atoms with Crippen LogP contribution in [0.2, 0.25) is 0 Å². The van der Waals surface area contributed by atoms with Crippen molar-refractivity contribution in [3.05, 3.63) is 47.8 Å². The van der Waals surface area contributed by atoms with E-state index in [1.165, 1.54) is 10.5 Å². The van der Waals surface area contributed by atoms with Crippen molar-refractivity contribution >= 4 is 17.5 Å². The summed E-state index contributed by atoms with van der Waals surface area (Å²) in [4.78, 5) is 25.9. The Balaban J connectivity index is 2.01. The number of hydrogen-bond acceptors (Lipinski definition) is 3. The third-order valence-electron chi connectivity index (χ3n) is 4.14. The first-order valence-electron chi connectivity index (χ1n) is 7.96. The minimum absolute atomic E-state index is 0.236. The van der Waals surface area contributed by atoms with Gasteiger partial charge in [-0.1, -0.05) is 26.0 Å². The molecule has 2 aromatic rings.